The molecule has 0 spiro atoms. The van der Waals surface area contributed by atoms with Gasteiger partial charge in [0.1, 0.15) is 23.2 Å². The molecule has 0 saturated heterocycles. The number of nitrogens with two attached hydrogens (primary N) is 1. The van der Waals surface area contributed by atoms with Gasteiger partial charge in [-0.25, -0.2) is 9.18 Å². The van der Waals surface area contributed by atoms with Crippen molar-refractivity contribution in [3.05, 3.63) is 82.7 Å². The maximum absolute atomic E-state index is 14.9. The monoisotopic (exact) mass is 378 g/mol. The Morgan fingerprint density at radius 3 is 2.61 bits per heavy atom. The highest BCUT2D eigenvalue weighted by Crippen LogP contribution is 2.40. The molecular weight excluding hydrogens is 359 g/mol. The van der Waals surface area contributed by atoms with Gasteiger partial charge in [0.05, 0.1) is 18.1 Å². The summed E-state index contributed by atoms with van der Waals surface area (Å²) < 4.78 is 25.4. The number of benzene rings is 2. The molecular formula is C22H19FN2O3. The fourth-order valence-corrected chi connectivity index (χ4v) is 3.25. The maximum atomic E-state index is 14.9. The van der Waals surface area contributed by atoms with Gasteiger partial charge in [-0.3, -0.25) is 0 Å². The molecule has 0 aromatic heterocycles. The van der Waals surface area contributed by atoms with Gasteiger partial charge in [-0.05, 0) is 31.0 Å². The van der Waals surface area contributed by atoms with Gasteiger partial charge in [0.2, 0.25) is 5.88 Å². The van der Waals surface area contributed by atoms with E-state index in [1.165, 1.54) is 6.07 Å². The molecule has 1 aliphatic heterocycles. The molecule has 0 aliphatic carbocycles. The molecule has 0 bridgehead atoms. The molecule has 2 aromatic carbocycles. The summed E-state index contributed by atoms with van der Waals surface area (Å²) in [7, 11) is 0. The van der Waals surface area contributed by atoms with Crippen LogP contribution < -0.4 is 5.73 Å². The number of nitrogens with zero attached hydrogens (tertiary/aromatic N) is 1. The summed E-state index contributed by atoms with van der Waals surface area (Å²) in [5.41, 5.74) is 7.61. The highest BCUT2D eigenvalue weighted by Gasteiger charge is 2.36. The van der Waals surface area contributed by atoms with Crippen LogP contribution in [0.25, 0.3) is 11.1 Å². The maximum Gasteiger partial charge on any atom is 0.338 e. The molecule has 2 N–H and O–H groups in total. The number of ether oxygens (including phenoxy) is 2. The molecule has 1 heterocycles. The minimum Gasteiger partial charge on any atom is -0.463 e. The van der Waals surface area contributed by atoms with E-state index < -0.39 is 17.7 Å². The van der Waals surface area contributed by atoms with E-state index in [9.17, 15) is 14.4 Å². The van der Waals surface area contributed by atoms with E-state index >= 15 is 0 Å². The molecule has 6 heteroatoms. The van der Waals surface area contributed by atoms with Crippen LogP contribution in [0, 0.1) is 17.1 Å². The lowest BCUT2D eigenvalue weighted by atomic mass is 9.82. The Labute approximate surface area is 162 Å². The topological polar surface area (TPSA) is 85.3 Å². The Bertz CT molecular complexity index is 1020. The van der Waals surface area contributed by atoms with Gasteiger partial charge in [-0.1, -0.05) is 42.5 Å². The first kappa shape index (κ1) is 19.2. The molecule has 0 saturated carbocycles. The third-order valence-electron chi connectivity index (χ3n) is 4.51. The number of allylic oxidation sites excluding steroid dienone is 2. The van der Waals surface area contributed by atoms with Crippen LogP contribution in [-0.2, 0) is 14.3 Å². The minimum absolute atomic E-state index is 0.0421. The van der Waals surface area contributed by atoms with Gasteiger partial charge in [-0.15, -0.1) is 0 Å². The molecule has 0 amide bonds. The summed E-state index contributed by atoms with van der Waals surface area (Å²) in [5.74, 6) is -1.83. The summed E-state index contributed by atoms with van der Waals surface area (Å²) in [4.78, 5) is 12.5. The first-order valence-corrected chi connectivity index (χ1v) is 8.78. The van der Waals surface area contributed by atoms with Crippen LogP contribution in [0.15, 0.2) is 71.3 Å². The Kier molecular flexibility index (Phi) is 5.46. The molecule has 0 radical (unpaired) electrons. The molecule has 1 aliphatic rings. The smallest absolute Gasteiger partial charge is 0.338 e. The lowest BCUT2D eigenvalue weighted by Gasteiger charge is -2.27. The Morgan fingerprint density at radius 2 is 2.00 bits per heavy atom. The lowest BCUT2D eigenvalue weighted by molar-refractivity contribution is -0.139. The van der Waals surface area contributed by atoms with E-state index in [0.717, 1.165) is 5.56 Å². The average molecular weight is 378 g/mol. The van der Waals surface area contributed by atoms with Gasteiger partial charge in [0.15, 0.2) is 0 Å². The highest BCUT2D eigenvalue weighted by atomic mass is 19.1. The Hall–Kier alpha value is -3.59. The van der Waals surface area contributed by atoms with Crippen LogP contribution in [0.5, 0.6) is 0 Å². The standard InChI is InChI=1S/C22H19FN2O3/c1-3-27-22(26)19-13(2)28-21(25)17(12-24)20(19)15-9-10-16(18(23)11-15)14-7-5-4-6-8-14/h4-11,20H,3,25H2,1-2H3. The lowest BCUT2D eigenvalue weighted by Crippen LogP contribution is -2.25. The second-order valence-corrected chi connectivity index (χ2v) is 6.22. The third kappa shape index (κ3) is 3.47. The first-order valence-electron chi connectivity index (χ1n) is 8.78. The van der Waals surface area contributed by atoms with Crippen molar-refractivity contribution < 1.29 is 18.7 Å². The van der Waals surface area contributed by atoms with Gasteiger partial charge in [-0.2, -0.15) is 5.26 Å². The second-order valence-electron chi connectivity index (χ2n) is 6.22. The number of halogens is 1. The number of rotatable bonds is 4. The van der Waals surface area contributed by atoms with E-state index in [1.807, 2.05) is 24.3 Å². The number of carbonyl (C=O) groups is 1. The number of hydrogen-bond acceptors (Lipinski definition) is 5. The van der Waals surface area contributed by atoms with E-state index in [2.05, 4.69) is 0 Å². The summed E-state index contributed by atoms with van der Waals surface area (Å²) in [6, 6.07) is 15.7. The zero-order valence-electron chi connectivity index (χ0n) is 15.5. The van der Waals surface area contributed by atoms with Crippen LogP contribution in [-0.4, -0.2) is 12.6 Å². The van der Waals surface area contributed by atoms with Crippen LogP contribution in [0.4, 0.5) is 4.39 Å². The molecule has 28 heavy (non-hydrogen) atoms. The first-order chi connectivity index (χ1) is 13.5. The largest absolute Gasteiger partial charge is 0.463 e. The van der Waals surface area contributed by atoms with Gasteiger partial charge in [0.25, 0.3) is 0 Å². The zero-order chi connectivity index (χ0) is 20.3. The van der Waals surface area contributed by atoms with Crippen molar-refractivity contribution in [3.63, 3.8) is 0 Å². The third-order valence-corrected chi connectivity index (χ3v) is 4.51. The molecule has 1 unspecified atom stereocenters. The van der Waals surface area contributed by atoms with Crippen molar-refractivity contribution >= 4 is 5.97 Å². The zero-order valence-corrected chi connectivity index (χ0v) is 15.5. The molecule has 142 valence electrons. The van der Waals surface area contributed by atoms with Crippen LogP contribution in [0.2, 0.25) is 0 Å². The van der Waals surface area contributed by atoms with Crippen molar-refractivity contribution in [1.82, 2.24) is 0 Å². The average Bonchev–Trinajstić information content (AvgIpc) is 2.68. The number of esters is 1. The molecule has 5 nitrogen and oxygen atoms in total. The molecule has 0 fully saturated rings. The second kappa shape index (κ2) is 7.97. The predicted molar refractivity (Wildman–Crippen MR) is 102 cm³/mol. The van der Waals surface area contributed by atoms with Gasteiger partial charge in [0, 0.05) is 5.56 Å². The van der Waals surface area contributed by atoms with Crippen molar-refractivity contribution in [1.29, 1.82) is 5.26 Å². The SMILES string of the molecule is CCOC(=O)C1=C(C)OC(N)=C(C#N)C1c1ccc(-c2ccccc2)c(F)c1. The normalized spacial score (nSPS) is 16.4. The fraction of sp³-hybridized carbons (Fsp3) is 0.182. The summed E-state index contributed by atoms with van der Waals surface area (Å²) in [5, 5.41) is 9.57. The summed E-state index contributed by atoms with van der Waals surface area (Å²) >= 11 is 0. The van der Waals surface area contributed by atoms with Crippen molar-refractivity contribution in [2.24, 2.45) is 5.73 Å². The van der Waals surface area contributed by atoms with Crippen molar-refractivity contribution in [2.45, 2.75) is 19.8 Å². The van der Waals surface area contributed by atoms with E-state index in [-0.39, 0.29) is 29.4 Å². The summed E-state index contributed by atoms with van der Waals surface area (Å²) in [6.07, 6.45) is 0. The summed E-state index contributed by atoms with van der Waals surface area (Å²) in [6.45, 7) is 3.40. The highest BCUT2D eigenvalue weighted by molar-refractivity contribution is 5.92. The van der Waals surface area contributed by atoms with Crippen LogP contribution >= 0.6 is 0 Å². The number of carbonyl (C=O) groups excluding carboxylic acids is 1. The van der Waals surface area contributed by atoms with E-state index in [1.54, 1.807) is 38.1 Å². The fourth-order valence-electron chi connectivity index (χ4n) is 3.25. The Balaban J connectivity index is 2.12. The van der Waals surface area contributed by atoms with Crippen molar-refractivity contribution in [2.75, 3.05) is 6.61 Å². The number of hydrogen-bond donors (Lipinski definition) is 1. The quantitative estimate of drug-likeness (QED) is 0.808. The van der Waals surface area contributed by atoms with Crippen LogP contribution in [0.1, 0.15) is 25.3 Å². The molecule has 1 atom stereocenters. The number of nitriles is 1. The molecule has 3 rings (SSSR count). The van der Waals surface area contributed by atoms with E-state index in [0.29, 0.717) is 11.1 Å². The van der Waals surface area contributed by atoms with E-state index in [4.69, 9.17) is 15.2 Å². The van der Waals surface area contributed by atoms with Crippen LogP contribution in [0.3, 0.4) is 0 Å². The van der Waals surface area contributed by atoms with Gasteiger partial charge >= 0.3 is 5.97 Å². The minimum atomic E-state index is -0.864. The van der Waals surface area contributed by atoms with Crippen molar-refractivity contribution in [3.8, 4) is 17.2 Å². The van der Waals surface area contributed by atoms with Gasteiger partial charge < -0.3 is 15.2 Å². The predicted octanol–water partition coefficient (Wildman–Crippen LogP) is 4.14. The Morgan fingerprint density at radius 1 is 1.29 bits per heavy atom. The molecule has 2 aromatic rings.